The SMILES string of the molecule is NCCCC[C@H](NC(CC=O)(C(=O)O)c1ccccc1)C(=O)O. The fraction of sp³-hybridized carbons (Fsp3) is 0.438. The van der Waals surface area contributed by atoms with E-state index in [1.165, 1.54) is 0 Å². The zero-order valence-electron chi connectivity index (χ0n) is 12.8. The lowest BCUT2D eigenvalue weighted by Gasteiger charge is -2.32. The van der Waals surface area contributed by atoms with E-state index >= 15 is 0 Å². The van der Waals surface area contributed by atoms with Crippen LogP contribution in [-0.4, -0.2) is 41.0 Å². The molecule has 1 rings (SSSR count). The predicted molar refractivity (Wildman–Crippen MR) is 83.9 cm³/mol. The monoisotopic (exact) mass is 322 g/mol. The minimum Gasteiger partial charge on any atom is -0.480 e. The summed E-state index contributed by atoms with van der Waals surface area (Å²) in [6, 6.07) is 7.03. The van der Waals surface area contributed by atoms with Crippen molar-refractivity contribution in [1.82, 2.24) is 5.32 Å². The van der Waals surface area contributed by atoms with Crippen LogP contribution in [0.5, 0.6) is 0 Å². The van der Waals surface area contributed by atoms with Gasteiger partial charge in [-0.15, -0.1) is 0 Å². The van der Waals surface area contributed by atoms with Gasteiger partial charge >= 0.3 is 11.9 Å². The van der Waals surface area contributed by atoms with E-state index in [0.29, 0.717) is 31.2 Å². The number of carbonyl (C=O) groups excluding carboxylic acids is 1. The third-order valence-corrected chi connectivity index (χ3v) is 3.69. The first-order valence-electron chi connectivity index (χ1n) is 7.41. The highest BCUT2D eigenvalue weighted by atomic mass is 16.4. The number of nitrogens with two attached hydrogens (primary N) is 1. The lowest BCUT2D eigenvalue weighted by atomic mass is 9.85. The molecule has 0 heterocycles. The largest absolute Gasteiger partial charge is 0.480 e. The van der Waals surface area contributed by atoms with Crippen molar-refractivity contribution < 1.29 is 24.6 Å². The molecule has 5 N–H and O–H groups in total. The van der Waals surface area contributed by atoms with Crippen LogP contribution in [0.4, 0.5) is 0 Å². The van der Waals surface area contributed by atoms with Gasteiger partial charge in [-0.05, 0) is 24.9 Å². The van der Waals surface area contributed by atoms with Crippen LogP contribution in [0.15, 0.2) is 30.3 Å². The topological polar surface area (TPSA) is 130 Å². The second-order valence-electron chi connectivity index (χ2n) is 5.27. The van der Waals surface area contributed by atoms with Crippen molar-refractivity contribution in [3.05, 3.63) is 35.9 Å². The Morgan fingerprint density at radius 1 is 1.22 bits per heavy atom. The smallest absolute Gasteiger partial charge is 0.329 e. The maximum Gasteiger partial charge on any atom is 0.329 e. The van der Waals surface area contributed by atoms with Crippen LogP contribution in [0, 0.1) is 0 Å². The minimum atomic E-state index is -1.77. The maximum absolute atomic E-state index is 11.9. The predicted octanol–water partition coefficient (Wildman–Crippen LogP) is 0.727. The zero-order chi connectivity index (χ0) is 17.3. The summed E-state index contributed by atoms with van der Waals surface area (Å²) in [6.07, 6.45) is 1.53. The molecule has 0 fully saturated rings. The molecule has 0 saturated carbocycles. The first kappa shape index (κ1) is 18.8. The van der Waals surface area contributed by atoms with Gasteiger partial charge in [0, 0.05) is 6.42 Å². The van der Waals surface area contributed by atoms with E-state index in [1.54, 1.807) is 30.3 Å². The Morgan fingerprint density at radius 3 is 2.35 bits per heavy atom. The van der Waals surface area contributed by atoms with E-state index in [2.05, 4.69) is 5.32 Å². The van der Waals surface area contributed by atoms with Crippen molar-refractivity contribution in [1.29, 1.82) is 0 Å². The number of hydrogen-bond acceptors (Lipinski definition) is 5. The van der Waals surface area contributed by atoms with Gasteiger partial charge in [-0.2, -0.15) is 0 Å². The van der Waals surface area contributed by atoms with Gasteiger partial charge in [0.1, 0.15) is 17.9 Å². The molecule has 0 aliphatic heterocycles. The number of nitrogens with one attached hydrogen (secondary N) is 1. The molecule has 1 aromatic rings. The van der Waals surface area contributed by atoms with Crippen molar-refractivity contribution in [2.24, 2.45) is 5.73 Å². The molecule has 7 heteroatoms. The highest BCUT2D eigenvalue weighted by Gasteiger charge is 2.43. The summed E-state index contributed by atoms with van der Waals surface area (Å²) in [4.78, 5) is 34.4. The Bertz CT molecular complexity index is 535. The number of carboxylic acids is 2. The van der Waals surface area contributed by atoms with Gasteiger partial charge in [0.2, 0.25) is 0 Å². The number of hydrogen-bond donors (Lipinski definition) is 4. The van der Waals surface area contributed by atoms with Crippen LogP contribution in [0.2, 0.25) is 0 Å². The number of rotatable bonds is 11. The number of aldehydes is 1. The summed E-state index contributed by atoms with van der Waals surface area (Å²) < 4.78 is 0. The normalized spacial score (nSPS) is 14.7. The van der Waals surface area contributed by atoms with E-state index in [0.717, 1.165) is 0 Å². The van der Waals surface area contributed by atoms with Gasteiger partial charge in [0.15, 0.2) is 0 Å². The molecule has 0 spiro atoms. The molecule has 23 heavy (non-hydrogen) atoms. The molecule has 1 unspecified atom stereocenters. The van der Waals surface area contributed by atoms with Crippen molar-refractivity contribution >= 4 is 18.2 Å². The molecule has 0 aliphatic rings. The average Bonchev–Trinajstić information content (AvgIpc) is 2.53. The second-order valence-corrected chi connectivity index (χ2v) is 5.27. The highest BCUT2D eigenvalue weighted by Crippen LogP contribution is 2.26. The van der Waals surface area contributed by atoms with Crippen molar-refractivity contribution in [3.8, 4) is 0 Å². The second kappa shape index (κ2) is 9.02. The number of aliphatic carboxylic acids is 2. The van der Waals surface area contributed by atoms with Crippen molar-refractivity contribution in [2.75, 3.05) is 6.54 Å². The summed E-state index contributed by atoms with van der Waals surface area (Å²) in [7, 11) is 0. The molecule has 1 aromatic carbocycles. The number of carbonyl (C=O) groups is 3. The number of carboxylic acid groups (broad SMARTS) is 2. The molecule has 0 aliphatic carbocycles. The molecule has 2 atom stereocenters. The molecule has 0 saturated heterocycles. The fourth-order valence-corrected chi connectivity index (χ4v) is 2.43. The molecule has 0 amide bonds. The van der Waals surface area contributed by atoms with Gasteiger partial charge in [0.05, 0.1) is 0 Å². The van der Waals surface area contributed by atoms with Gasteiger partial charge in [-0.1, -0.05) is 36.8 Å². The first-order valence-corrected chi connectivity index (χ1v) is 7.41. The van der Waals surface area contributed by atoms with E-state index in [4.69, 9.17) is 5.73 Å². The minimum absolute atomic E-state index is 0.229. The Kier molecular flexibility index (Phi) is 7.37. The van der Waals surface area contributed by atoms with Crippen LogP contribution in [0.25, 0.3) is 0 Å². The van der Waals surface area contributed by atoms with Crippen LogP contribution in [0.3, 0.4) is 0 Å². The van der Waals surface area contributed by atoms with E-state index < -0.39 is 23.5 Å². The van der Waals surface area contributed by atoms with Gasteiger partial charge in [0.25, 0.3) is 0 Å². The van der Waals surface area contributed by atoms with E-state index in [9.17, 15) is 24.6 Å². The van der Waals surface area contributed by atoms with Gasteiger partial charge in [-0.25, -0.2) is 4.79 Å². The van der Waals surface area contributed by atoms with Crippen LogP contribution in [-0.2, 0) is 19.9 Å². The molecule has 0 radical (unpaired) electrons. The molecule has 126 valence electrons. The quantitative estimate of drug-likeness (QED) is 0.349. The number of benzene rings is 1. The standard InChI is InChI=1S/C16H22N2O5/c17-10-5-4-8-13(14(20)21)18-16(9-11-19,15(22)23)12-6-2-1-3-7-12/h1-3,6-7,11,13,18H,4-5,8-10,17H2,(H,20,21)(H,22,23)/t13-,16?/m0/s1. The highest BCUT2D eigenvalue weighted by molar-refractivity contribution is 5.85. The molecule has 7 nitrogen and oxygen atoms in total. The molecular formula is C16H22N2O5. The molecule has 0 aromatic heterocycles. The van der Waals surface area contributed by atoms with Gasteiger partial charge in [-0.3, -0.25) is 10.1 Å². The van der Waals surface area contributed by atoms with Crippen molar-refractivity contribution in [3.63, 3.8) is 0 Å². The third-order valence-electron chi connectivity index (χ3n) is 3.69. The average molecular weight is 322 g/mol. The van der Waals surface area contributed by atoms with Crippen LogP contribution < -0.4 is 11.1 Å². The first-order chi connectivity index (χ1) is 11.0. The van der Waals surface area contributed by atoms with Gasteiger partial charge < -0.3 is 20.7 Å². The maximum atomic E-state index is 11.9. The Labute approximate surface area is 134 Å². The summed E-state index contributed by atoms with van der Waals surface area (Å²) in [5.41, 5.74) is 3.97. The van der Waals surface area contributed by atoms with Crippen molar-refractivity contribution in [2.45, 2.75) is 37.3 Å². The summed E-state index contributed by atoms with van der Waals surface area (Å²) in [6.45, 7) is 0.434. The lowest BCUT2D eigenvalue weighted by Crippen LogP contribution is -2.56. The van der Waals surface area contributed by atoms with E-state index in [1.807, 2.05) is 0 Å². The summed E-state index contributed by atoms with van der Waals surface area (Å²) >= 11 is 0. The number of unbranched alkanes of at least 4 members (excludes halogenated alkanes) is 1. The van der Waals surface area contributed by atoms with E-state index in [-0.39, 0.29) is 12.8 Å². The zero-order valence-corrected chi connectivity index (χ0v) is 12.8. The summed E-state index contributed by atoms with van der Waals surface area (Å²) in [5, 5.41) is 21.7. The van der Waals surface area contributed by atoms with Crippen LogP contribution in [0.1, 0.15) is 31.2 Å². The Hall–Kier alpha value is -2.25. The third kappa shape index (κ3) is 4.87. The van der Waals surface area contributed by atoms with Crippen LogP contribution >= 0.6 is 0 Å². The Balaban J connectivity index is 3.14. The lowest BCUT2D eigenvalue weighted by molar-refractivity contribution is -0.149. The molecular weight excluding hydrogens is 300 g/mol. The summed E-state index contributed by atoms with van der Waals surface area (Å²) in [5.74, 6) is -2.45. The Morgan fingerprint density at radius 2 is 1.87 bits per heavy atom. The fourth-order valence-electron chi connectivity index (χ4n) is 2.43. The molecule has 0 bridgehead atoms.